The van der Waals surface area contributed by atoms with Gasteiger partial charge >= 0.3 is 6.07 Å². The van der Waals surface area contributed by atoms with Crippen LogP contribution in [0.3, 0.4) is 0 Å². The molecule has 0 aromatic carbocycles. The fourth-order valence-electron chi connectivity index (χ4n) is 1.05. The molecule has 0 aliphatic rings. The fourth-order valence-corrected chi connectivity index (χ4v) is 1.81. The molecule has 0 aromatic rings. The van der Waals surface area contributed by atoms with Crippen molar-refractivity contribution in [1.29, 1.82) is 0 Å². The van der Waals surface area contributed by atoms with Crippen molar-refractivity contribution < 1.29 is 9.09 Å². The summed E-state index contributed by atoms with van der Waals surface area (Å²) >= 11 is 10.4. The minimum Gasteiger partial charge on any atom is -0.306 e. The average Bonchev–Trinajstić information content (AvgIpc) is 2.01. The van der Waals surface area contributed by atoms with Crippen LogP contribution in [-0.4, -0.2) is 6.61 Å². The zero-order chi connectivity index (χ0) is 10.2. The summed E-state index contributed by atoms with van der Waals surface area (Å²) in [5, 5.41) is 0. The van der Waals surface area contributed by atoms with E-state index in [0.29, 0.717) is 6.61 Å². The van der Waals surface area contributed by atoms with Crippen LogP contribution < -0.4 is 0 Å². The molecule has 13 heavy (non-hydrogen) atoms. The van der Waals surface area contributed by atoms with Gasteiger partial charge in [-0.3, -0.25) is 4.57 Å². The molecule has 0 unspecified atom stereocenters. The van der Waals surface area contributed by atoms with E-state index < -0.39 is 6.07 Å². The largest absolute Gasteiger partial charge is 0.380 e. The third kappa shape index (κ3) is 12.8. The van der Waals surface area contributed by atoms with Gasteiger partial charge < -0.3 is 4.52 Å². The Bertz CT molecular complexity index is 158. The van der Waals surface area contributed by atoms with Crippen molar-refractivity contribution in [2.75, 3.05) is 6.61 Å². The lowest BCUT2D eigenvalue weighted by Gasteiger charge is -2.03. The van der Waals surface area contributed by atoms with Gasteiger partial charge in [0.2, 0.25) is 0 Å². The van der Waals surface area contributed by atoms with Crippen LogP contribution in [-0.2, 0) is 9.09 Å². The van der Waals surface area contributed by atoms with Crippen molar-refractivity contribution in [2.24, 2.45) is 0 Å². The molecule has 2 nitrogen and oxygen atoms in total. The van der Waals surface area contributed by atoms with Crippen LogP contribution >= 0.6 is 28.6 Å². The Morgan fingerprint density at radius 1 is 1.08 bits per heavy atom. The van der Waals surface area contributed by atoms with Gasteiger partial charge in [-0.15, -0.1) is 0 Å². The minimum absolute atomic E-state index is 0.399. The first-order valence-corrected chi connectivity index (χ1v) is 8.13. The van der Waals surface area contributed by atoms with Gasteiger partial charge in [0.1, 0.15) is 0 Å². The monoisotopic (exact) mass is 246 g/mol. The minimum atomic E-state index is -3.28. The fraction of sp³-hybridized carbons (Fsp3) is 1.00. The smallest absolute Gasteiger partial charge is 0.306 e. The second-order valence-corrected chi connectivity index (χ2v) is 7.29. The molecule has 0 saturated heterocycles. The molecule has 0 bridgehead atoms. The lowest BCUT2D eigenvalue weighted by Crippen LogP contribution is -1.87. The molecular weight excluding hydrogens is 230 g/mol. The Hall–Kier alpha value is 0.770. The first kappa shape index (κ1) is 13.8. The highest BCUT2D eigenvalue weighted by Crippen LogP contribution is 2.57. The molecule has 0 aromatic heterocycles. The van der Waals surface area contributed by atoms with E-state index in [-0.39, 0.29) is 0 Å². The summed E-state index contributed by atoms with van der Waals surface area (Å²) in [7, 11) is 0. The molecule has 0 radical (unpaired) electrons. The van der Waals surface area contributed by atoms with Crippen LogP contribution in [0.15, 0.2) is 0 Å². The average molecular weight is 247 g/mol. The van der Waals surface area contributed by atoms with E-state index in [1.54, 1.807) is 0 Å². The summed E-state index contributed by atoms with van der Waals surface area (Å²) in [6, 6.07) is 0. The molecule has 5 heteroatoms. The standard InChI is InChI=1S/C8H17Cl2O2P/c1-2-3-4-5-6-7-8-12-13(9,10)11/h2-8H2,1H3. The Kier molecular flexibility index (Phi) is 8.59. The van der Waals surface area contributed by atoms with E-state index in [4.69, 9.17) is 27.0 Å². The second kappa shape index (κ2) is 8.11. The molecule has 0 atom stereocenters. The Morgan fingerprint density at radius 2 is 1.62 bits per heavy atom. The predicted octanol–water partition coefficient (Wildman–Crippen LogP) is 4.95. The highest BCUT2D eigenvalue weighted by molar-refractivity contribution is 8.05. The van der Waals surface area contributed by atoms with E-state index >= 15 is 0 Å². The van der Waals surface area contributed by atoms with Crippen LogP contribution in [0.2, 0.25) is 0 Å². The van der Waals surface area contributed by atoms with E-state index in [1.807, 2.05) is 0 Å². The number of halogens is 2. The van der Waals surface area contributed by atoms with Crippen molar-refractivity contribution in [3.63, 3.8) is 0 Å². The topological polar surface area (TPSA) is 26.3 Å². The molecule has 0 rings (SSSR count). The summed E-state index contributed by atoms with van der Waals surface area (Å²) in [5.41, 5.74) is 0. The molecule has 0 spiro atoms. The number of hydrogen-bond donors (Lipinski definition) is 0. The van der Waals surface area contributed by atoms with Gasteiger partial charge in [0.15, 0.2) is 0 Å². The van der Waals surface area contributed by atoms with Crippen molar-refractivity contribution >= 4 is 28.6 Å². The van der Waals surface area contributed by atoms with Crippen molar-refractivity contribution in [1.82, 2.24) is 0 Å². The summed E-state index contributed by atoms with van der Waals surface area (Å²) in [6.07, 6.45) is 3.68. The van der Waals surface area contributed by atoms with E-state index in [1.165, 1.54) is 25.7 Å². The predicted molar refractivity (Wildman–Crippen MR) is 58.6 cm³/mol. The molecule has 0 aliphatic heterocycles. The third-order valence-corrected chi connectivity index (χ3v) is 2.81. The van der Waals surface area contributed by atoms with E-state index in [2.05, 4.69) is 6.92 Å². The highest BCUT2D eigenvalue weighted by Gasteiger charge is 2.12. The normalized spacial score (nSPS) is 11.9. The maximum atomic E-state index is 10.7. The van der Waals surface area contributed by atoms with Gasteiger partial charge in [0, 0.05) is 0 Å². The lowest BCUT2D eigenvalue weighted by atomic mass is 10.1. The van der Waals surface area contributed by atoms with Crippen molar-refractivity contribution in [3.8, 4) is 0 Å². The van der Waals surface area contributed by atoms with Crippen molar-refractivity contribution in [3.05, 3.63) is 0 Å². The number of hydrogen-bond acceptors (Lipinski definition) is 2. The quantitative estimate of drug-likeness (QED) is 0.448. The SMILES string of the molecule is CCCCCCCCOP(=O)(Cl)Cl. The zero-order valence-corrected chi connectivity index (χ0v) is 10.4. The van der Waals surface area contributed by atoms with Gasteiger partial charge in [0.25, 0.3) is 0 Å². The zero-order valence-electron chi connectivity index (χ0n) is 7.97. The molecule has 80 valence electrons. The van der Waals surface area contributed by atoms with Crippen LogP contribution in [0, 0.1) is 0 Å². The maximum absolute atomic E-state index is 10.7. The highest BCUT2D eigenvalue weighted by atomic mass is 35.9. The Labute approximate surface area is 90.0 Å². The number of unbranched alkanes of at least 4 members (excludes halogenated alkanes) is 5. The molecule has 0 saturated carbocycles. The molecule has 0 fully saturated rings. The molecule has 0 heterocycles. The molecule has 0 amide bonds. The summed E-state index contributed by atoms with van der Waals surface area (Å²) in [4.78, 5) is 0. The third-order valence-electron chi connectivity index (χ3n) is 1.74. The maximum Gasteiger partial charge on any atom is 0.380 e. The van der Waals surface area contributed by atoms with Crippen LogP contribution in [0.1, 0.15) is 45.4 Å². The first-order chi connectivity index (χ1) is 6.06. The first-order valence-electron chi connectivity index (χ1n) is 4.70. The van der Waals surface area contributed by atoms with Gasteiger partial charge in [-0.05, 0) is 28.9 Å². The lowest BCUT2D eigenvalue weighted by molar-refractivity contribution is 0.320. The van der Waals surface area contributed by atoms with Crippen molar-refractivity contribution in [2.45, 2.75) is 45.4 Å². The van der Waals surface area contributed by atoms with E-state index in [9.17, 15) is 4.57 Å². The number of rotatable bonds is 8. The Balaban J connectivity index is 3.04. The van der Waals surface area contributed by atoms with Gasteiger partial charge in [-0.1, -0.05) is 39.0 Å². The summed E-state index contributed by atoms with van der Waals surface area (Å²) < 4.78 is 15.4. The summed E-state index contributed by atoms with van der Waals surface area (Å²) in [6.45, 7) is 2.58. The van der Waals surface area contributed by atoms with Crippen LogP contribution in [0.25, 0.3) is 0 Å². The second-order valence-electron chi connectivity index (χ2n) is 3.02. The Morgan fingerprint density at radius 3 is 2.15 bits per heavy atom. The van der Waals surface area contributed by atoms with Crippen LogP contribution in [0.4, 0.5) is 0 Å². The van der Waals surface area contributed by atoms with Gasteiger partial charge in [-0.2, -0.15) is 0 Å². The summed E-state index contributed by atoms with van der Waals surface area (Å²) in [5.74, 6) is 0. The molecular formula is C8H17Cl2O2P. The van der Waals surface area contributed by atoms with Crippen LogP contribution in [0.5, 0.6) is 0 Å². The van der Waals surface area contributed by atoms with E-state index in [0.717, 1.165) is 12.8 Å². The van der Waals surface area contributed by atoms with Gasteiger partial charge in [0.05, 0.1) is 6.61 Å². The molecule has 0 aliphatic carbocycles. The molecule has 0 N–H and O–H groups in total. The van der Waals surface area contributed by atoms with Gasteiger partial charge in [-0.25, -0.2) is 0 Å².